The molecule has 2 heterocycles. The van der Waals surface area contributed by atoms with Gasteiger partial charge in [0, 0.05) is 12.3 Å². The Hall–Kier alpha value is -2.78. The largest absolute Gasteiger partial charge is 0.475 e. The van der Waals surface area contributed by atoms with Gasteiger partial charge in [0.1, 0.15) is 30.9 Å². The van der Waals surface area contributed by atoms with Gasteiger partial charge in [-0.15, -0.1) is 23.2 Å². The summed E-state index contributed by atoms with van der Waals surface area (Å²) in [7, 11) is 1.42. The van der Waals surface area contributed by atoms with Crippen molar-refractivity contribution in [3.8, 4) is 17.6 Å². The third-order valence-corrected chi connectivity index (χ3v) is 3.51. The van der Waals surface area contributed by atoms with Gasteiger partial charge in [-0.3, -0.25) is 0 Å². The molecule has 1 aromatic carbocycles. The van der Waals surface area contributed by atoms with E-state index in [1.807, 2.05) is 0 Å². The van der Waals surface area contributed by atoms with Crippen molar-refractivity contribution in [3.63, 3.8) is 0 Å². The van der Waals surface area contributed by atoms with Gasteiger partial charge in [-0.05, 0) is 17.3 Å². The number of benzene rings is 1. The van der Waals surface area contributed by atoms with Crippen molar-refractivity contribution in [2.24, 2.45) is 10.3 Å². The van der Waals surface area contributed by atoms with E-state index in [0.29, 0.717) is 30.2 Å². The zero-order valence-corrected chi connectivity index (χ0v) is 16.3. The van der Waals surface area contributed by atoms with Crippen LogP contribution < -0.4 is 9.47 Å². The van der Waals surface area contributed by atoms with Crippen molar-refractivity contribution < 1.29 is 23.9 Å². The highest BCUT2D eigenvalue weighted by Gasteiger charge is 2.22. The summed E-state index contributed by atoms with van der Waals surface area (Å²) >= 11 is 11.3. The molecule has 0 atom stereocenters. The Morgan fingerprint density at radius 2 is 2.11 bits per heavy atom. The number of rotatable bonds is 8. The highest BCUT2D eigenvalue weighted by molar-refractivity contribution is 6.46. The van der Waals surface area contributed by atoms with Crippen LogP contribution in [-0.2, 0) is 14.4 Å². The van der Waals surface area contributed by atoms with E-state index in [4.69, 9.17) is 47.1 Å². The summed E-state index contributed by atoms with van der Waals surface area (Å²) in [6.45, 7) is 0.779. The van der Waals surface area contributed by atoms with Crippen molar-refractivity contribution in [1.82, 2.24) is 9.97 Å². The lowest BCUT2D eigenvalue weighted by molar-refractivity contribution is 0.0672. The number of nitrogens with zero attached hydrogens (tertiary/aromatic N) is 4. The lowest BCUT2D eigenvalue weighted by atomic mass is 10.1. The molecule has 2 aromatic rings. The Bertz CT molecular complexity index is 863. The zero-order valence-electron chi connectivity index (χ0n) is 14.7. The van der Waals surface area contributed by atoms with Crippen molar-refractivity contribution in [1.29, 1.82) is 0 Å². The van der Waals surface area contributed by atoms with Gasteiger partial charge in [-0.2, -0.15) is 4.98 Å². The molecule has 0 saturated heterocycles. The van der Waals surface area contributed by atoms with Gasteiger partial charge in [0.15, 0.2) is 12.3 Å². The number of halogens is 2. The average molecular weight is 427 g/mol. The molecule has 3 rings (SSSR count). The van der Waals surface area contributed by atoms with Gasteiger partial charge >= 0.3 is 6.01 Å². The first-order valence-electron chi connectivity index (χ1n) is 8.13. The van der Waals surface area contributed by atoms with E-state index in [9.17, 15) is 0 Å². The number of alkyl halides is 2. The molecule has 0 N–H and O–H groups in total. The lowest BCUT2D eigenvalue weighted by Crippen LogP contribution is -2.25. The van der Waals surface area contributed by atoms with Crippen LogP contribution in [0.1, 0.15) is 5.56 Å². The van der Waals surface area contributed by atoms with Gasteiger partial charge in [0.05, 0.1) is 5.56 Å². The van der Waals surface area contributed by atoms with Crippen LogP contribution in [0.2, 0.25) is 0 Å². The Labute approximate surface area is 170 Å². The molecule has 0 spiro atoms. The fourth-order valence-corrected chi connectivity index (χ4v) is 2.29. The summed E-state index contributed by atoms with van der Waals surface area (Å²) in [6, 6.07) is 8.70. The standard InChI is InChI=1S/C17H16Cl2N4O5/c1-24-22-15(16-23-27-9-8-25-16)11-4-2-3-5-12(11)28-17-20-7-6-14(21-17)26-10-13(18)19/h2-7,13H,8-10H2,1H3/b22-15-. The van der Waals surface area contributed by atoms with Crippen LogP contribution >= 0.6 is 23.2 Å². The topological polar surface area (TPSA) is 96.7 Å². The van der Waals surface area contributed by atoms with Crippen LogP contribution in [0.25, 0.3) is 0 Å². The summed E-state index contributed by atoms with van der Waals surface area (Å²) in [5.74, 6) is 0.852. The molecule has 0 bridgehead atoms. The highest BCUT2D eigenvalue weighted by atomic mass is 35.5. The average Bonchev–Trinajstić information content (AvgIpc) is 2.72. The summed E-state index contributed by atoms with van der Waals surface area (Å²) in [6.07, 6.45) is 1.49. The minimum Gasteiger partial charge on any atom is -0.475 e. The molecule has 0 radical (unpaired) electrons. The molecule has 28 heavy (non-hydrogen) atoms. The van der Waals surface area contributed by atoms with Crippen LogP contribution in [0.4, 0.5) is 0 Å². The molecule has 148 valence electrons. The lowest BCUT2D eigenvalue weighted by Gasteiger charge is -2.16. The maximum Gasteiger partial charge on any atom is 0.325 e. The third kappa shape index (κ3) is 5.37. The molecule has 0 fully saturated rings. The van der Waals surface area contributed by atoms with E-state index in [2.05, 4.69) is 20.3 Å². The predicted octanol–water partition coefficient (Wildman–Crippen LogP) is 3.16. The molecule has 1 aliphatic heterocycles. The van der Waals surface area contributed by atoms with Crippen LogP contribution in [0.5, 0.6) is 17.6 Å². The third-order valence-electron chi connectivity index (χ3n) is 3.25. The van der Waals surface area contributed by atoms with E-state index >= 15 is 0 Å². The second-order valence-electron chi connectivity index (χ2n) is 5.18. The molecule has 9 nitrogen and oxygen atoms in total. The van der Waals surface area contributed by atoms with Gasteiger partial charge in [0.2, 0.25) is 5.88 Å². The van der Waals surface area contributed by atoms with Gasteiger partial charge in [-0.25, -0.2) is 4.98 Å². The predicted molar refractivity (Wildman–Crippen MR) is 102 cm³/mol. The normalized spacial score (nSPS) is 14.0. The summed E-state index contributed by atoms with van der Waals surface area (Å²) in [5, 5.41) is 7.87. The molecular weight excluding hydrogens is 411 g/mol. The number of aromatic nitrogens is 2. The van der Waals surface area contributed by atoms with Crippen LogP contribution in [0, 0.1) is 0 Å². The Kier molecular flexibility index (Phi) is 7.10. The first-order valence-corrected chi connectivity index (χ1v) is 9.00. The fourth-order valence-electron chi connectivity index (χ4n) is 2.17. The maximum atomic E-state index is 5.82. The maximum absolute atomic E-state index is 5.82. The second kappa shape index (κ2) is 9.95. The number of ether oxygens (including phenoxy) is 3. The molecule has 11 heteroatoms. The van der Waals surface area contributed by atoms with Crippen LogP contribution in [0.15, 0.2) is 46.8 Å². The molecule has 1 aliphatic rings. The molecule has 0 aliphatic carbocycles. The minimum atomic E-state index is -0.675. The molecule has 0 amide bonds. The first kappa shape index (κ1) is 20.0. The summed E-state index contributed by atoms with van der Waals surface area (Å²) < 4.78 is 16.7. The van der Waals surface area contributed by atoms with Crippen LogP contribution in [-0.4, -0.2) is 53.3 Å². The highest BCUT2D eigenvalue weighted by Crippen LogP contribution is 2.25. The number of hydrogen-bond acceptors (Lipinski definition) is 9. The monoisotopic (exact) mass is 426 g/mol. The Morgan fingerprint density at radius 3 is 2.86 bits per heavy atom. The van der Waals surface area contributed by atoms with Gasteiger partial charge < -0.3 is 23.9 Å². The molecule has 0 saturated carbocycles. The number of oxime groups is 2. The second-order valence-corrected chi connectivity index (χ2v) is 6.46. The SMILES string of the molecule is CO/N=C(\C1=NOCCO1)c1ccccc1Oc1nccc(OCC(Cl)Cl)n1. The van der Waals surface area contributed by atoms with E-state index < -0.39 is 4.84 Å². The van der Waals surface area contributed by atoms with Crippen molar-refractivity contribution >= 4 is 34.8 Å². The number of para-hydroxylation sites is 1. The Morgan fingerprint density at radius 1 is 1.25 bits per heavy atom. The fraction of sp³-hybridized carbons (Fsp3) is 0.294. The first-order chi connectivity index (χ1) is 13.7. The molecule has 1 aromatic heterocycles. The molecular formula is C17H16Cl2N4O5. The van der Waals surface area contributed by atoms with Crippen LogP contribution in [0.3, 0.4) is 0 Å². The van der Waals surface area contributed by atoms with Gasteiger partial charge in [-0.1, -0.05) is 17.3 Å². The van der Waals surface area contributed by atoms with Gasteiger partial charge in [0.25, 0.3) is 5.90 Å². The van der Waals surface area contributed by atoms with Crippen molar-refractivity contribution in [2.45, 2.75) is 4.84 Å². The summed E-state index contributed by atoms with van der Waals surface area (Å²) in [4.78, 5) is 17.6. The zero-order chi connectivity index (χ0) is 19.8. The van der Waals surface area contributed by atoms with Crippen molar-refractivity contribution in [2.75, 3.05) is 26.9 Å². The van der Waals surface area contributed by atoms with E-state index in [-0.39, 0.29) is 24.4 Å². The van der Waals surface area contributed by atoms with E-state index in [1.54, 1.807) is 30.3 Å². The quantitative estimate of drug-likeness (QED) is 0.363. The number of hydrogen-bond donors (Lipinski definition) is 0. The summed E-state index contributed by atoms with van der Waals surface area (Å²) in [5.41, 5.74) is 0.849. The van der Waals surface area contributed by atoms with E-state index in [1.165, 1.54) is 13.3 Å². The van der Waals surface area contributed by atoms with E-state index in [0.717, 1.165) is 0 Å². The smallest absolute Gasteiger partial charge is 0.325 e. The van der Waals surface area contributed by atoms with Crippen molar-refractivity contribution in [3.05, 3.63) is 42.1 Å². The molecule has 0 unspecified atom stereocenters. The minimum absolute atomic E-state index is 0.0603. The Balaban J connectivity index is 1.87.